The van der Waals surface area contributed by atoms with Gasteiger partial charge in [-0.2, -0.15) is 4.31 Å². The lowest BCUT2D eigenvalue weighted by Gasteiger charge is -2.35. The highest BCUT2D eigenvalue weighted by atomic mass is 32.2. The van der Waals surface area contributed by atoms with Crippen molar-refractivity contribution in [2.75, 3.05) is 6.54 Å². The van der Waals surface area contributed by atoms with Crippen molar-refractivity contribution in [3.8, 4) is 0 Å². The highest BCUT2D eigenvalue weighted by Crippen LogP contribution is 2.35. The van der Waals surface area contributed by atoms with Crippen LogP contribution in [0, 0.1) is 13.8 Å². The monoisotopic (exact) mass is 330 g/mol. The van der Waals surface area contributed by atoms with Crippen LogP contribution < -0.4 is 0 Å². The molecule has 0 saturated carbocycles. The van der Waals surface area contributed by atoms with Gasteiger partial charge in [0.05, 0.1) is 16.6 Å². The molecule has 0 radical (unpaired) electrons. The second kappa shape index (κ2) is 6.42. The average Bonchev–Trinajstić information content (AvgIpc) is 2.56. The van der Waals surface area contributed by atoms with Gasteiger partial charge in [0.15, 0.2) is 0 Å². The maximum Gasteiger partial charge on any atom is 0.243 e. The summed E-state index contributed by atoms with van der Waals surface area (Å²) in [6.45, 7) is 4.50. The first-order valence-electron chi connectivity index (χ1n) is 8.00. The summed E-state index contributed by atoms with van der Waals surface area (Å²) in [5, 5.41) is 0. The van der Waals surface area contributed by atoms with E-state index in [2.05, 4.69) is 4.98 Å². The summed E-state index contributed by atoms with van der Waals surface area (Å²) in [6, 6.07) is 10.8. The van der Waals surface area contributed by atoms with Crippen molar-refractivity contribution in [1.29, 1.82) is 0 Å². The molecule has 4 nitrogen and oxygen atoms in total. The number of piperidine rings is 1. The molecule has 2 heterocycles. The minimum absolute atomic E-state index is 0.170. The van der Waals surface area contributed by atoms with E-state index < -0.39 is 10.0 Å². The van der Waals surface area contributed by atoms with Crippen molar-refractivity contribution in [2.24, 2.45) is 0 Å². The minimum Gasteiger partial charge on any atom is -0.259 e. The topological polar surface area (TPSA) is 50.3 Å². The van der Waals surface area contributed by atoms with Crippen LogP contribution in [0.15, 0.2) is 47.5 Å². The molecule has 1 saturated heterocycles. The Bertz CT molecular complexity index is 785. The average molecular weight is 330 g/mol. The van der Waals surface area contributed by atoms with Crippen molar-refractivity contribution in [1.82, 2.24) is 9.29 Å². The van der Waals surface area contributed by atoms with Crippen LogP contribution in [0.25, 0.3) is 0 Å². The Morgan fingerprint density at radius 1 is 1.09 bits per heavy atom. The molecule has 1 atom stereocenters. The van der Waals surface area contributed by atoms with E-state index in [1.54, 1.807) is 22.6 Å². The number of nitrogens with zero attached hydrogens (tertiary/aromatic N) is 2. The Balaban J connectivity index is 2.01. The van der Waals surface area contributed by atoms with E-state index in [0.29, 0.717) is 11.4 Å². The van der Waals surface area contributed by atoms with Gasteiger partial charge in [-0.3, -0.25) is 4.98 Å². The lowest BCUT2D eigenvalue weighted by molar-refractivity contribution is 0.250. The zero-order chi connectivity index (χ0) is 16.4. The second-order valence-electron chi connectivity index (χ2n) is 6.15. The summed E-state index contributed by atoms with van der Waals surface area (Å²) in [7, 11) is -3.50. The first-order valence-corrected chi connectivity index (χ1v) is 9.44. The second-order valence-corrected chi connectivity index (χ2v) is 8.04. The standard InChI is InChI=1S/C18H22N2O2S/c1-14-8-10-16(11-9-14)23(21,22)20-13-4-3-7-17(20)18-15(2)6-5-12-19-18/h5-6,8-12,17H,3-4,7,13H2,1-2H3. The van der Waals surface area contributed by atoms with E-state index >= 15 is 0 Å². The van der Waals surface area contributed by atoms with Gasteiger partial charge in [-0.05, 0) is 50.5 Å². The molecule has 1 aromatic carbocycles. The quantitative estimate of drug-likeness (QED) is 0.864. The van der Waals surface area contributed by atoms with Gasteiger partial charge < -0.3 is 0 Å². The summed E-state index contributed by atoms with van der Waals surface area (Å²) in [4.78, 5) is 4.83. The molecule has 3 rings (SSSR count). The molecule has 5 heteroatoms. The number of aromatic nitrogens is 1. The number of pyridine rings is 1. The lowest BCUT2D eigenvalue weighted by Crippen LogP contribution is -2.39. The van der Waals surface area contributed by atoms with E-state index in [1.807, 2.05) is 38.1 Å². The summed E-state index contributed by atoms with van der Waals surface area (Å²) >= 11 is 0. The highest BCUT2D eigenvalue weighted by molar-refractivity contribution is 7.89. The molecule has 0 N–H and O–H groups in total. The van der Waals surface area contributed by atoms with Crippen LogP contribution in [0.1, 0.15) is 42.1 Å². The predicted octanol–water partition coefficient (Wildman–Crippen LogP) is 3.61. The molecular weight excluding hydrogens is 308 g/mol. The van der Waals surface area contributed by atoms with Crippen LogP contribution in [-0.2, 0) is 10.0 Å². The zero-order valence-corrected chi connectivity index (χ0v) is 14.4. The van der Waals surface area contributed by atoms with Crippen molar-refractivity contribution >= 4 is 10.0 Å². The van der Waals surface area contributed by atoms with Gasteiger partial charge in [-0.25, -0.2) is 8.42 Å². The fourth-order valence-electron chi connectivity index (χ4n) is 3.16. The maximum absolute atomic E-state index is 13.1. The normalized spacial score (nSPS) is 19.7. The van der Waals surface area contributed by atoms with Crippen LogP contribution in [-0.4, -0.2) is 24.3 Å². The fourth-order valence-corrected chi connectivity index (χ4v) is 4.82. The van der Waals surface area contributed by atoms with Gasteiger partial charge in [-0.15, -0.1) is 0 Å². The molecule has 1 aromatic heterocycles. The van der Waals surface area contributed by atoms with Crippen molar-refractivity contribution in [2.45, 2.75) is 44.0 Å². The van der Waals surface area contributed by atoms with Crippen LogP contribution in [0.2, 0.25) is 0 Å². The number of sulfonamides is 1. The Labute approximate surface area is 138 Å². The van der Waals surface area contributed by atoms with Gasteiger partial charge in [0.2, 0.25) is 10.0 Å². The minimum atomic E-state index is -3.50. The van der Waals surface area contributed by atoms with E-state index in [0.717, 1.165) is 36.1 Å². The van der Waals surface area contributed by atoms with Gasteiger partial charge in [0.25, 0.3) is 0 Å². The molecule has 23 heavy (non-hydrogen) atoms. The molecule has 0 aliphatic carbocycles. The van der Waals surface area contributed by atoms with Crippen LogP contribution >= 0.6 is 0 Å². The third-order valence-corrected chi connectivity index (χ3v) is 6.37. The molecule has 1 fully saturated rings. The highest BCUT2D eigenvalue weighted by Gasteiger charge is 2.35. The molecule has 1 aliphatic heterocycles. The maximum atomic E-state index is 13.1. The Kier molecular flexibility index (Phi) is 4.50. The molecule has 2 aromatic rings. The lowest BCUT2D eigenvalue weighted by atomic mass is 9.99. The van der Waals surface area contributed by atoms with E-state index in [4.69, 9.17) is 0 Å². The first-order chi connectivity index (χ1) is 11.0. The summed E-state index contributed by atoms with van der Waals surface area (Å²) in [5.74, 6) is 0. The van der Waals surface area contributed by atoms with Crippen molar-refractivity contribution in [3.05, 3.63) is 59.4 Å². The summed E-state index contributed by atoms with van der Waals surface area (Å²) in [5.41, 5.74) is 2.98. The molecule has 1 aliphatic rings. The predicted molar refractivity (Wildman–Crippen MR) is 90.6 cm³/mol. The van der Waals surface area contributed by atoms with Gasteiger partial charge >= 0.3 is 0 Å². The van der Waals surface area contributed by atoms with Gasteiger partial charge in [0.1, 0.15) is 0 Å². The first kappa shape index (κ1) is 16.1. The number of benzene rings is 1. The van der Waals surface area contributed by atoms with Crippen molar-refractivity contribution < 1.29 is 8.42 Å². The van der Waals surface area contributed by atoms with E-state index in [9.17, 15) is 8.42 Å². The third kappa shape index (κ3) is 3.16. The molecule has 1 unspecified atom stereocenters. The molecule has 0 spiro atoms. The van der Waals surface area contributed by atoms with Crippen LogP contribution in [0.3, 0.4) is 0 Å². The summed E-state index contributed by atoms with van der Waals surface area (Å²) in [6.07, 6.45) is 4.49. The molecule has 122 valence electrons. The van der Waals surface area contributed by atoms with Crippen LogP contribution in [0.4, 0.5) is 0 Å². The smallest absolute Gasteiger partial charge is 0.243 e. The number of hydrogen-bond acceptors (Lipinski definition) is 3. The fraction of sp³-hybridized carbons (Fsp3) is 0.389. The molecular formula is C18H22N2O2S. The Hall–Kier alpha value is -1.72. The Morgan fingerprint density at radius 2 is 1.83 bits per heavy atom. The summed E-state index contributed by atoms with van der Waals surface area (Å²) < 4.78 is 27.8. The number of aryl methyl sites for hydroxylation is 2. The van der Waals surface area contributed by atoms with Crippen molar-refractivity contribution in [3.63, 3.8) is 0 Å². The third-order valence-electron chi connectivity index (χ3n) is 4.45. The molecule has 0 amide bonds. The zero-order valence-electron chi connectivity index (χ0n) is 13.6. The molecule has 0 bridgehead atoms. The van der Waals surface area contributed by atoms with Crippen LogP contribution in [0.5, 0.6) is 0 Å². The van der Waals surface area contributed by atoms with E-state index in [1.165, 1.54) is 0 Å². The largest absolute Gasteiger partial charge is 0.259 e. The Morgan fingerprint density at radius 3 is 2.52 bits per heavy atom. The van der Waals surface area contributed by atoms with Gasteiger partial charge in [0, 0.05) is 12.7 Å². The number of rotatable bonds is 3. The van der Waals surface area contributed by atoms with Gasteiger partial charge in [-0.1, -0.05) is 30.2 Å². The van der Waals surface area contributed by atoms with E-state index in [-0.39, 0.29) is 6.04 Å². The SMILES string of the molecule is Cc1ccc(S(=O)(=O)N2CCCCC2c2ncccc2C)cc1. The number of hydrogen-bond donors (Lipinski definition) is 0.